The summed E-state index contributed by atoms with van der Waals surface area (Å²) in [5, 5.41) is 2.98. The molecule has 0 saturated carbocycles. The Kier molecular flexibility index (Phi) is 6.97. The van der Waals surface area contributed by atoms with Gasteiger partial charge in [0.15, 0.2) is 0 Å². The van der Waals surface area contributed by atoms with Crippen LogP contribution in [0.5, 0.6) is 11.5 Å². The second kappa shape index (κ2) is 9.86. The Labute approximate surface area is 161 Å². The van der Waals surface area contributed by atoms with Crippen molar-refractivity contribution in [1.82, 2.24) is 5.32 Å². The summed E-state index contributed by atoms with van der Waals surface area (Å²) in [6, 6.07) is 15.9. The summed E-state index contributed by atoms with van der Waals surface area (Å²) >= 11 is 0. The third-order valence-electron chi connectivity index (χ3n) is 4.77. The smallest absolute Gasteiger partial charge is 0.220 e. The highest BCUT2D eigenvalue weighted by Crippen LogP contribution is 2.20. The van der Waals surface area contributed by atoms with Crippen LogP contribution in [0, 0.1) is 0 Å². The van der Waals surface area contributed by atoms with Crippen molar-refractivity contribution < 1.29 is 14.3 Å². The van der Waals surface area contributed by atoms with Crippen LogP contribution in [0.1, 0.15) is 31.2 Å². The van der Waals surface area contributed by atoms with E-state index < -0.39 is 0 Å². The number of amides is 1. The first-order chi connectivity index (χ1) is 13.2. The second-order valence-electron chi connectivity index (χ2n) is 6.76. The minimum atomic E-state index is 0.0527. The van der Waals surface area contributed by atoms with Gasteiger partial charge in [0.1, 0.15) is 11.5 Å². The molecule has 144 valence electrons. The van der Waals surface area contributed by atoms with E-state index in [1.54, 1.807) is 7.11 Å². The van der Waals surface area contributed by atoms with Crippen molar-refractivity contribution in [2.24, 2.45) is 0 Å². The number of benzene rings is 2. The van der Waals surface area contributed by atoms with E-state index >= 15 is 0 Å². The van der Waals surface area contributed by atoms with E-state index in [-0.39, 0.29) is 5.91 Å². The standard InChI is InChI=1S/C22H28N2O3/c1-26-20-10-12-21(13-11-20)27-16-4-5-22(25)23-17-18-6-8-19(9-7-18)24-14-2-3-15-24/h6-13H,2-5,14-17H2,1H3,(H,23,25). The fourth-order valence-corrected chi connectivity index (χ4v) is 3.18. The number of hydrogen-bond donors (Lipinski definition) is 1. The molecule has 0 atom stereocenters. The molecule has 0 aromatic heterocycles. The van der Waals surface area contributed by atoms with Gasteiger partial charge >= 0.3 is 0 Å². The molecule has 27 heavy (non-hydrogen) atoms. The number of ether oxygens (including phenoxy) is 2. The van der Waals surface area contributed by atoms with Crippen molar-refractivity contribution in [3.63, 3.8) is 0 Å². The minimum absolute atomic E-state index is 0.0527. The molecule has 0 aliphatic carbocycles. The Morgan fingerprint density at radius 1 is 1.00 bits per heavy atom. The number of hydrogen-bond acceptors (Lipinski definition) is 4. The molecule has 0 bridgehead atoms. The fourth-order valence-electron chi connectivity index (χ4n) is 3.18. The lowest BCUT2D eigenvalue weighted by atomic mass is 10.2. The maximum Gasteiger partial charge on any atom is 0.220 e. The van der Waals surface area contributed by atoms with E-state index in [9.17, 15) is 4.79 Å². The predicted octanol–water partition coefficient (Wildman–Crippen LogP) is 3.77. The highest BCUT2D eigenvalue weighted by Gasteiger charge is 2.11. The van der Waals surface area contributed by atoms with Crippen molar-refractivity contribution in [3.05, 3.63) is 54.1 Å². The zero-order valence-electron chi connectivity index (χ0n) is 15.9. The van der Waals surface area contributed by atoms with E-state index in [0.717, 1.165) is 30.2 Å². The maximum absolute atomic E-state index is 12.0. The zero-order valence-corrected chi connectivity index (χ0v) is 15.9. The Hall–Kier alpha value is -2.69. The Balaban J connectivity index is 1.32. The first-order valence-electron chi connectivity index (χ1n) is 9.62. The van der Waals surface area contributed by atoms with Gasteiger partial charge in [-0.25, -0.2) is 0 Å². The SMILES string of the molecule is COc1ccc(OCCCC(=O)NCc2ccc(N3CCCC3)cc2)cc1. The number of carbonyl (C=O) groups is 1. The number of anilines is 1. The van der Waals surface area contributed by atoms with Gasteiger partial charge in [-0.3, -0.25) is 4.79 Å². The molecular weight excluding hydrogens is 340 g/mol. The van der Waals surface area contributed by atoms with Crippen LogP contribution >= 0.6 is 0 Å². The lowest BCUT2D eigenvalue weighted by molar-refractivity contribution is -0.121. The van der Waals surface area contributed by atoms with E-state index in [2.05, 4.69) is 34.5 Å². The van der Waals surface area contributed by atoms with E-state index in [1.165, 1.54) is 18.5 Å². The molecule has 1 fully saturated rings. The molecule has 1 amide bonds. The average molecular weight is 368 g/mol. The van der Waals surface area contributed by atoms with Crippen LogP contribution in [0.4, 0.5) is 5.69 Å². The average Bonchev–Trinajstić information content (AvgIpc) is 3.25. The molecule has 1 N–H and O–H groups in total. The van der Waals surface area contributed by atoms with Crippen molar-refractivity contribution in [3.8, 4) is 11.5 Å². The van der Waals surface area contributed by atoms with Crippen molar-refractivity contribution in [2.45, 2.75) is 32.2 Å². The summed E-state index contributed by atoms with van der Waals surface area (Å²) in [5.74, 6) is 1.64. The molecule has 1 heterocycles. The molecule has 1 aliphatic rings. The molecule has 0 unspecified atom stereocenters. The molecular formula is C22H28N2O3. The lowest BCUT2D eigenvalue weighted by Gasteiger charge is -2.17. The summed E-state index contributed by atoms with van der Waals surface area (Å²) < 4.78 is 10.8. The quantitative estimate of drug-likeness (QED) is 0.685. The van der Waals surface area contributed by atoms with Crippen LogP contribution in [-0.4, -0.2) is 32.7 Å². The molecule has 3 rings (SSSR count). The molecule has 5 heteroatoms. The monoisotopic (exact) mass is 368 g/mol. The van der Waals surface area contributed by atoms with Gasteiger partial charge in [0, 0.05) is 31.7 Å². The van der Waals surface area contributed by atoms with Gasteiger partial charge in [0.2, 0.25) is 5.91 Å². The number of nitrogens with one attached hydrogen (secondary N) is 1. The molecule has 0 spiro atoms. The van der Waals surface area contributed by atoms with Crippen LogP contribution in [-0.2, 0) is 11.3 Å². The van der Waals surface area contributed by atoms with Crippen LogP contribution < -0.4 is 19.7 Å². The van der Waals surface area contributed by atoms with Gasteiger partial charge in [0.25, 0.3) is 0 Å². The van der Waals surface area contributed by atoms with Gasteiger partial charge in [-0.2, -0.15) is 0 Å². The number of rotatable bonds is 9. The molecule has 1 aliphatic heterocycles. The van der Waals surface area contributed by atoms with Crippen molar-refractivity contribution >= 4 is 11.6 Å². The summed E-state index contributed by atoms with van der Waals surface area (Å²) in [5.41, 5.74) is 2.40. The molecule has 5 nitrogen and oxygen atoms in total. The summed E-state index contributed by atoms with van der Waals surface area (Å²) in [6.45, 7) is 3.38. The Morgan fingerprint density at radius 3 is 2.33 bits per heavy atom. The van der Waals surface area contributed by atoms with E-state index in [4.69, 9.17) is 9.47 Å². The molecule has 1 saturated heterocycles. The summed E-state index contributed by atoms with van der Waals surface area (Å²) in [4.78, 5) is 14.4. The summed E-state index contributed by atoms with van der Waals surface area (Å²) in [6.07, 6.45) is 3.70. The molecule has 0 radical (unpaired) electrons. The first-order valence-corrected chi connectivity index (χ1v) is 9.62. The Morgan fingerprint density at radius 2 is 1.67 bits per heavy atom. The summed E-state index contributed by atoms with van der Waals surface area (Å²) in [7, 11) is 1.64. The van der Waals surface area contributed by atoms with Crippen LogP contribution in [0.2, 0.25) is 0 Å². The van der Waals surface area contributed by atoms with Crippen molar-refractivity contribution in [1.29, 1.82) is 0 Å². The molecule has 2 aromatic carbocycles. The lowest BCUT2D eigenvalue weighted by Crippen LogP contribution is -2.23. The van der Waals surface area contributed by atoms with Gasteiger partial charge in [-0.1, -0.05) is 12.1 Å². The first kappa shape index (κ1) is 19.1. The number of methoxy groups -OCH3 is 1. The normalized spacial score (nSPS) is 13.4. The minimum Gasteiger partial charge on any atom is -0.497 e. The van der Waals surface area contributed by atoms with E-state index in [1.807, 2.05) is 24.3 Å². The van der Waals surface area contributed by atoms with Gasteiger partial charge in [-0.15, -0.1) is 0 Å². The molecule has 2 aromatic rings. The van der Waals surface area contributed by atoms with Gasteiger partial charge in [0.05, 0.1) is 13.7 Å². The van der Waals surface area contributed by atoms with Crippen LogP contribution in [0.25, 0.3) is 0 Å². The topological polar surface area (TPSA) is 50.8 Å². The van der Waals surface area contributed by atoms with Gasteiger partial charge < -0.3 is 19.7 Å². The largest absolute Gasteiger partial charge is 0.497 e. The van der Waals surface area contributed by atoms with Gasteiger partial charge in [-0.05, 0) is 61.2 Å². The highest BCUT2D eigenvalue weighted by atomic mass is 16.5. The Bertz CT molecular complexity index is 707. The third-order valence-corrected chi connectivity index (χ3v) is 4.77. The number of carbonyl (C=O) groups excluding carboxylic acids is 1. The van der Waals surface area contributed by atoms with Crippen molar-refractivity contribution in [2.75, 3.05) is 31.7 Å². The van der Waals surface area contributed by atoms with Crippen LogP contribution in [0.15, 0.2) is 48.5 Å². The zero-order chi connectivity index (χ0) is 18.9. The van der Waals surface area contributed by atoms with E-state index in [0.29, 0.717) is 26.0 Å². The van der Waals surface area contributed by atoms with Crippen LogP contribution in [0.3, 0.4) is 0 Å². The third kappa shape index (κ3) is 5.91. The number of nitrogens with zero attached hydrogens (tertiary/aromatic N) is 1. The second-order valence-corrected chi connectivity index (χ2v) is 6.76. The maximum atomic E-state index is 12.0. The fraction of sp³-hybridized carbons (Fsp3) is 0.409. The highest BCUT2D eigenvalue weighted by molar-refractivity contribution is 5.75. The predicted molar refractivity (Wildman–Crippen MR) is 107 cm³/mol.